The highest BCUT2D eigenvalue weighted by Gasteiger charge is 2.44. The number of nitrogens with one attached hydrogen (secondary N) is 1. The standard InChI is InChI=1S/C30H26FN3O7S/c1-30(16-26(36)33-28-32-10-12-42-28)22-15-25(24(35)13-19(22)9-11-34(30)29(38)39)41-20-7-8-21(23(31)14-20)17-3-5-18(6-4-17)27(37)40-2/h3-8,10,12-15,35H,9,11,16H2,1-2H3,(H,38,39)(H,32,33,36)/t30-/m1/s1. The number of hydrogen-bond acceptors (Lipinski definition) is 8. The van der Waals surface area contributed by atoms with Gasteiger partial charge in [0.05, 0.1) is 24.6 Å². The summed E-state index contributed by atoms with van der Waals surface area (Å²) in [4.78, 5) is 42.1. The summed E-state index contributed by atoms with van der Waals surface area (Å²) in [7, 11) is 1.28. The maximum atomic E-state index is 15.1. The van der Waals surface area contributed by atoms with Crippen LogP contribution in [0.1, 0.15) is 34.8 Å². The highest BCUT2D eigenvalue weighted by Crippen LogP contribution is 2.44. The van der Waals surface area contributed by atoms with E-state index in [0.717, 1.165) is 6.07 Å². The molecule has 0 radical (unpaired) electrons. The van der Waals surface area contributed by atoms with Gasteiger partial charge in [0, 0.05) is 29.8 Å². The van der Waals surface area contributed by atoms with Crippen molar-refractivity contribution in [1.82, 2.24) is 9.88 Å². The maximum Gasteiger partial charge on any atom is 0.408 e. The lowest BCUT2D eigenvalue weighted by molar-refractivity contribution is -0.118. The number of carboxylic acid groups (broad SMARTS) is 1. The molecule has 0 bridgehead atoms. The van der Waals surface area contributed by atoms with Crippen molar-refractivity contribution in [3.8, 4) is 28.4 Å². The Labute approximate surface area is 244 Å². The fourth-order valence-corrected chi connectivity index (χ4v) is 5.65. The number of anilines is 1. The number of carbonyl (C=O) groups is 3. The van der Waals surface area contributed by atoms with Crippen LogP contribution in [0.3, 0.4) is 0 Å². The number of carbonyl (C=O) groups excluding carboxylic acids is 2. The summed E-state index contributed by atoms with van der Waals surface area (Å²) in [5.41, 5.74) is 0.990. The van der Waals surface area contributed by atoms with Gasteiger partial charge in [-0.15, -0.1) is 11.3 Å². The summed E-state index contributed by atoms with van der Waals surface area (Å²) in [6, 6.07) is 13.4. The van der Waals surface area contributed by atoms with Gasteiger partial charge in [-0.25, -0.2) is 19.0 Å². The van der Waals surface area contributed by atoms with Crippen LogP contribution < -0.4 is 10.1 Å². The third kappa shape index (κ3) is 5.61. The molecule has 0 saturated carbocycles. The van der Waals surface area contributed by atoms with Crippen molar-refractivity contribution in [2.24, 2.45) is 0 Å². The average Bonchev–Trinajstić information content (AvgIpc) is 3.46. The lowest BCUT2D eigenvalue weighted by Crippen LogP contribution is -2.52. The van der Waals surface area contributed by atoms with Gasteiger partial charge in [-0.3, -0.25) is 9.69 Å². The van der Waals surface area contributed by atoms with Gasteiger partial charge in [0.15, 0.2) is 16.6 Å². The van der Waals surface area contributed by atoms with E-state index in [4.69, 9.17) is 4.74 Å². The van der Waals surface area contributed by atoms with Gasteiger partial charge in [0.2, 0.25) is 5.91 Å². The van der Waals surface area contributed by atoms with Crippen LogP contribution in [-0.4, -0.2) is 51.7 Å². The molecule has 0 aliphatic carbocycles. The number of phenolic OH excluding ortho intramolecular Hbond substituents is 1. The number of phenols is 1. The molecule has 3 N–H and O–H groups in total. The first-order valence-electron chi connectivity index (χ1n) is 12.8. The van der Waals surface area contributed by atoms with Crippen LogP contribution in [0, 0.1) is 5.82 Å². The quantitative estimate of drug-likeness (QED) is 0.222. The summed E-state index contributed by atoms with van der Waals surface area (Å²) in [6.07, 6.45) is 0.452. The number of ether oxygens (including phenoxy) is 2. The fraction of sp³-hybridized carbons (Fsp3) is 0.200. The van der Waals surface area contributed by atoms with Crippen molar-refractivity contribution in [3.63, 3.8) is 0 Å². The first kappa shape index (κ1) is 28.6. The number of aromatic hydroxyl groups is 1. The Balaban J connectivity index is 1.43. The third-order valence-electron chi connectivity index (χ3n) is 7.17. The molecular weight excluding hydrogens is 565 g/mol. The molecule has 2 amide bonds. The molecule has 1 aromatic heterocycles. The molecule has 0 unspecified atom stereocenters. The SMILES string of the molecule is COC(=O)c1ccc(-c2ccc(Oc3cc4c(cc3O)CCN(C(=O)O)[C@]4(C)CC(=O)Nc3nccs3)cc2F)cc1. The van der Waals surface area contributed by atoms with Crippen LogP contribution in [0.4, 0.5) is 14.3 Å². The van der Waals surface area contributed by atoms with Gasteiger partial charge in [-0.1, -0.05) is 12.1 Å². The molecule has 3 aromatic carbocycles. The fourth-order valence-electron chi connectivity index (χ4n) is 5.11. The zero-order valence-corrected chi connectivity index (χ0v) is 23.4. The molecule has 12 heteroatoms. The second-order valence-electron chi connectivity index (χ2n) is 9.81. The largest absolute Gasteiger partial charge is 0.504 e. The molecule has 1 aliphatic rings. The minimum Gasteiger partial charge on any atom is -0.504 e. The van der Waals surface area contributed by atoms with Crippen molar-refractivity contribution in [2.75, 3.05) is 19.0 Å². The van der Waals surface area contributed by atoms with Crippen molar-refractivity contribution >= 4 is 34.4 Å². The molecule has 10 nitrogen and oxygen atoms in total. The number of benzene rings is 3. The second-order valence-corrected chi connectivity index (χ2v) is 10.7. The Morgan fingerprint density at radius 2 is 1.90 bits per heavy atom. The van der Waals surface area contributed by atoms with Crippen LogP contribution in [0.2, 0.25) is 0 Å². The number of thiazole rings is 1. The van der Waals surface area contributed by atoms with Crippen LogP contribution in [0.15, 0.2) is 66.2 Å². The second kappa shape index (κ2) is 11.5. The highest BCUT2D eigenvalue weighted by molar-refractivity contribution is 7.13. The molecule has 2 heterocycles. The van der Waals surface area contributed by atoms with E-state index in [1.54, 1.807) is 30.6 Å². The Morgan fingerprint density at radius 1 is 1.14 bits per heavy atom. The van der Waals surface area contributed by atoms with Crippen LogP contribution >= 0.6 is 11.3 Å². The number of fused-ring (bicyclic) bond motifs is 1. The van der Waals surface area contributed by atoms with E-state index in [1.165, 1.54) is 59.7 Å². The number of amides is 2. The molecule has 0 saturated heterocycles. The average molecular weight is 592 g/mol. The number of aromatic nitrogens is 1. The van der Waals surface area contributed by atoms with Gasteiger partial charge >= 0.3 is 12.1 Å². The van der Waals surface area contributed by atoms with Gasteiger partial charge in [-0.2, -0.15) is 0 Å². The van der Waals surface area contributed by atoms with Crippen molar-refractivity contribution in [1.29, 1.82) is 0 Å². The minimum atomic E-state index is -1.29. The molecule has 0 spiro atoms. The van der Waals surface area contributed by atoms with Gasteiger partial charge in [0.1, 0.15) is 11.6 Å². The monoisotopic (exact) mass is 591 g/mol. The van der Waals surface area contributed by atoms with Gasteiger partial charge in [-0.05, 0) is 66.4 Å². The van der Waals surface area contributed by atoms with E-state index in [0.29, 0.717) is 33.8 Å². The normalized spacial score (nSPS) is 15.9. The van der Waals surface area contributed by atoms with Crippen LogP contribution in [0.25, 0.3) is 11.1 Å². The highest BCUT2D eigenvalue weighted by atomic mass is 32.1. The zero-order chi connectivity index (χ0) is 30.0. The molecule has 1 atom stereocenters. The maximum absolute atomic E-state index is 15.1. The lowest BCUT2D eigenvalue weighted by Gasteiger charge is -2.44. The van der Waals surface area contributed by atoms with Crippen molar-refractivity contribution < 1.29 is 38.5 Å². The number of halogens is 1. The first-order chi connectivity index (χ1) is 20.1. The first-order valence-corrected chi connectivity index (χ1v) is 13.7. The summed E-state index contributed by atoms with van der Waals surface area (Å²) < 4.78 is 25.7. The van der Waals surface area contributed by atoms with Crippen molar-refractivity contribution in [2.45, 2.75) is 25.3 Å². The summed E-state index contributed by atoms with van der Waals surface area (Å²) in [5.74, 6) is -1.68. The van der Waals surface area contributed by atoms with Crippen molar-refractivity contribution in [3.05, 3.63) is 88.7 Å². The van der Waals surface area contributed by atoms with Gasteiger partial charge in [0.25, 0.3) is 0 Å². The number of hydrogen-bond donors (Lipinski definition) is 3. The summed E-state index contributed by atoms with van der Waals surface area (Å²) in [6.45, 7) is 1.76. The van der Waals surface area contributed by atoms with Crippen LogP contribution in [0.5, 0.6) is 17.2 Å². The Bertz CT molecular complexity index is 1660. The smallest absolute Gasteiger partial charge is 0.408 e. The molecule has 1 aliphatic heterocycles. The number of nitrogens with zero attached hydrogens (tertiary/aromatic N) is 2. The Kier molecular flexibility index (Phi) is 7.81. The van der Waals surface area contributed by atoms with Crippen LogP contribution in [-0.2, 0) is 21.5 Å². The van der Waals surface area contributed by atoms with E-state index in [1.807, 2.05) is 0 Å². The number of methoxy groups -OCH3 is 1. The number of rotatable bonds is 7. The third-order valence-corrected chi connectivity index (χ3v) is 7.85. The molecular formula is C30H26FN3O7S. The predicted molar refractivity (Wildman–Crippen MR) is 153 cm³/mol. The van der Waals surface area contributed by atoms with Gasteiger partial charge < -0.3 is 25.0 Å². The number of esters is 1. The molecule has 216 valence electrons. The molecule has 5 rings (SSSR count). The summed E-state index contributed by atoms with van der Waals surface area (Å²) in [5, 5.41) is 25.5. The molecule has 4 aromatic rings. The zero-order valence-electron chi connectivity index (χ0n) is 22.6. The minimum absolute atomic E-state index is 0.0258. The van der Waals surface area contributed by atoms with E-state index < -0.39 is 29.3 Å². The van der Waals surface area contributed by atoms with E-state index in [-0.39, 0.29) is 35.8 Å². The van der Waals surface area contributed by atoms with E-state index in [2.05, 4.69) is 15.0 Å². The summed E-state index contributed by atoms with van der Waals surface area (Å²) >= 11 is 1.24. The topological polar surface area (TPSA) is 138 Å². The molecule has 42 heavy (non-hydrogen) atoms. The molecule has 0 fully saturated rings. The Hall–Kier alpha value is -4.97. The predicted octanol–water partition coefficient (Wildman–Crippen LogP) is 6.01. The Morgan fingerprint density at radius 3 is 2.55 bits per heavy atom. The van der Waals surface area contributed by atoms with E-state index in [9.17, 15) is 24.6 Å². The lowest BCUT2D eigenvalue weighted by atomic mass is 9.79. The van der Waals surface area contributed by atoms with E-state index >= 15 is 4.39 Å².